The van der Waals surface area contributed by atoms with Crippen molar-refractivity contribution in [1.82, 2.24) is 15.0 Å². The van der Waals surface area contributed by atoms with Gasteiger partial charge in [-0.15, -0.1) is 5.10 Å². The molecule has 1 unspecified atom stereocenters. The van der Waals surface area contributed by atoms with E-state index in [1.54, 1.807) is 13.1 Å². The Hall–Kier alpha value is -1.95. The highest BCUT2D eigenvalue weighted by Crippen LogP contribution is 2.25. The van der Waals surface area contributed by atoms with Crippen molar-refractivity contribution >= 4 is 0 Å². The van der Waals surface area contributed by atoms with Crippen LogP contribution in [0.3, 0.4) is 0 Å². The fraction of sp³-hybridized carbons (Fsp3) is 0.273. The molecule has 90 valence electrons. The van der Waals surface area contributed by atoms with E-state index in [9.17, 15) is 9.50 Å². The number of aliphatic hydroxyl groups excluding tert-OH is 1. The van der Waals surface area contributed by atoms with Gasteiger partial charge in [-0.1, -0.05) is 11.3 Å². The number of aliphatic hydroxyl groups is 1. The third-order valence-corrected chi connectivity index (χ3v) is 2.52. The Morgan fingerprint density at radius 2 is 2.24 bits per heavy atom. The van der Waals surface area contributed by atoms with Gasteiger partial charge in [0.25, 0.3) is 0 Å². The van der Waals surface area contributed by atoms with Crippen molar-refractivity contribution in [1.29, 1.82) is 0 Å². The molecule has 1 aromatic carbocycles. The zero-order valence-electron chi connectivity index (χ0n) is 9.46. The second-order valence-corrected chi connectivity index (χ2v) is 3.58. The van der Waals surface area contributed by atoms with Crippen LogP contribution in [0.15, 0.2) is 24.4 Å². The fourth-order valence-electron chi connectivity index (χ4n) is 1.57. The van der Waals surface area contributed by atoms with Crippen molar-refractivity contribution < 1.29 is 14.2 Å². The van der Waals surface area contributed by atoms with Gasteiger partial charge in [0.1, 0.15) is 6.10 Å². The second kappa shape index (κ2) is 4.50. The number of aromatic nitrogens is 3. The van der Waals surface area contributed by atoms with Crippen LogP contribution in [0, 0.1) is 5.82 Å². The first-order chi connectivity index (χ1) is 8.13. The summed E-state index contributed by atoms with van der Waals surface area (Å²) in [5.74, 6) is -0.372. The van der Waals surface area contributed by atoms with Gasteiger partial charge >= 0.3 is 0 Å². The molecule has 0 aliphatic carbocycles. The van der Waals surface area contributed by atoms with Crippen LogP contribution < -0.4 is 4.74 Å². The second-order valence-electron chi connectivity index (χ2n) is 3.58. The number of benzene rings is 1. The molecule has 17 heavy (non-hydrogen) atoms. The van der Waals surface area contributed by atoms with Gasteiger partial charge in [0.2, 0.25) is 0 Å². The molecule has 0 saturated heterocycles. The first-order valence-corrected chi connectivity index (χ1v) is 4.99. The number of nitrogens with zero attached hydrogens (tertiary/aromatic N) is 3. The van der Waals surface area contributed by atoms with E-state index >= 15 is 0 Å². The molecule has 0 bridgehead atoms. The molecule has 0 amide bonds. The topological polar surface area (TPSA) is 60.2 Å². The molecule has 0 aliphatic heterocycles. The van der Waals surface area contributed by atoms with Crippen LogP contribution in [-0.2, 0) is 7.05 Å². The van der Waals surface area contributed by atoms with Crippen molar-refractivity contribution in [3.63, 3.8) is 0 Å². The maximum Gasteiger partial charge on any atom is 0.165 e. The third kappa shape index (κ3) is 2.12. The van der Waals surface area contributed by atoms with Crippen molar-refractivity contribution in [2.75, 3.05) is 7.11 Å². The summed E-state index contributed by atoms with van der Waals surface area (Å²) in [5, 5.41) is 17.4. The van der Waals surface area contributed by atoms with Crippen LogP contribution >= 0.6 is 0 Å². The molecule has 0 aliphatic rings. The highest BCUT2D eigenvalue weighted by atomic mass is 19.1. The Labute approximate surface area is 97.5 Å². The summed E-state index contributed by atoms with van der Waals surface area (Å²) in [7, 11) is 3.05. The van der Waals surface area contributed by atoms with E-state index in [0.717, 1.165) is 0 Å². The normalized spacial score (nSPS) is 12.5. The third-order valence-electron chi connectivity index (χ3n) is 2.52. The van der Waals surface area contributed by atoms with Gasteiger partial charge in [0, 0.05) is 7.05 Å². The van der Waals surface area contributed by atoms with Gasteiger partial charge in [-0.25, -0.2) is 9.07 Å². The lowest BCUT2D eigenvalue weighted by atomic mass is 10.1. The average Bonchev–Trinajstić information content (AvgIpc) is 2.74. The molecule has 0 fully saturated rings. The predicted molar refractivity (Wildman–Crippen MR) is 58.0 cm³/mol. The molecule has 1 N–H and O–H groups in total. The van der Waals surface area contributed by atoms with E-state index in [0.29, 0.717) is 11.3 Å². The van der Waals surface area contributed by atoms with Gasteiger partial charge in [-0.05, 0) is 17.7 Å². The Bertz CT molecular complexity index is 527. The van der Waals surface area contributed by atoms with Gasteiger partial charge in [-0.2, -0.15) is 0 Å². The van der Waals surface area contributed by atoms with Gasteiger partial charge in [0.15, 0.2) is 11.6 Å². The molecule has 6 heteroatoms. The number of halogens is 1. The molecule has 1 atom stereocenters. The molecular weight excluding hydrogens is 225 g/mol. The lowest BCUT2D eigenvalue weighted by Gasteiger charge is -2.11. The summed E-state index contributed by atoms with van der Waals surface area (Å²) >= 11 is 0. The molecule has 2 rings (SSSR count). The summed E-state index contributed by atoms with van der Waals surface area (Å²) in [6.45, 7) is 0. The number of hydrogen-bond acceptors (Lipinski definition) is 4. The van der Waals surface area contributed by atoms with Gasteiger partial charge in [0.05, 0.1) is 19.0 Å². The molecule has 5 nitrogen and oxygen atoms in total. The number of ether oxygens (including phenoxy) is 1. The van der Waals surface area contributed by atoms with Crippen molar-refractivity contribution in [3.05, 3.63) is 41.5 Å². The van der Waals surface area contributed by atoms with Crippen molar-refractivity contribution in [2.45, 2.75) is 6.10 Å². The Morgan fingerprint density at radius 3 is 2.76 bits per heavy atom. The molecule has 0 spiro atoms. The maximum absolute atomic E-state index is 13.5. The summed E-state index contributed by atoms with van der Waals surface area (Å²) in [5.41, 5.74) is 0.920. The minimum absolute atomic E-state index is 0.143. The van der Waals surface area contributed by atoms with Crippen LogP contribution in [0.4, 0.5) is 4.39 Å². The average molecular weight is 237 g/mol. The van der Waals surface area contributed by atoms with E-state index in [1.807, 2.05) is 0 Å². The largest absolute Gasteiger partial charge is 0.494 e. The number of hydrogen-bond donors (Lipinski definition) is 1. The molecule has 2 aromatic rings. The Morgan fingerprint density at radius 1 is 1.47 bits per heavy atom. The van der Waals surface area contributed by atoms with Crippen molar-refractivity contribution in [3.8, 4) is 5.75 Å². The van der Waals surface area contributed by atoms with E-state index in [4.69, 9.17) is 4.74 Å². The molecule has 0 saturated carbocycles. The summed E-state index contributed by atoms with van der Waals surface area (Å²) in [6.07, 6.45) is 0.475. The fourth-order valence-corrected chi connectivity index (χ4v) is 1.57. The summed E-state index contributed by atoms with van der Waals surface area (Å²) in [4.78, 5) is 0. The molecule has 1 aromatic heterocycles. The number of aryl methyl sites for hydroxylation is 1. The lowest BCUT2D eigenvalue weighted by molar-refractivity contribution is 0.209. The highest BCUT2D eigenvalue weighted by molar-refractivity contribution is 5.33. The van der Waals surface area contributed by atoms with Crippen LogP contribution in [0.25, 0.3) is 0 Å². The predicted octanol–water partition coefficient (Wildman–Crippen LogP) is 1.04. The minimum atomic E-state index is -0.963. The maximum atomic E-state index is 13.5. The molecular formula is C11H12FN3O2. The highest BCUT2D eigenvalue weighted by Gasteiger charge is 2.16. The first-order valence-electron chi connectivity index (χ1n) is 4.99. The van der Waals surface area contributed by atoms with E-state index in [1.165, 1.54) is 30.1 Å². The monoisotopic (exact) mass is 237 g/mol. The van der Waals surface area contributed by atoms with E-state index < -0.39 is 11.9 Å². The zero-order chi connectivity index (χ0) is 12.4. The minimum Gasteiger partial charge on any atom is -0.494 e. The standard InChI is InChI=1S/C11H12FN3O2/c1-15-9(6-13-14-15)11(16)7-3-4-10(17-2)8(12)5-7/h3-6,11,16H,1-2H3. The molecule has 0 radical (unpaired) electrons. The lowest BCUT2D eigenvalue weighted by Crippen LogP contribution is -2.07. The summed E-state index contributed by atoms with van der Waals surface area (Å²) in [6, 6.07) is 4.30. The van der Waals surface area contributed by atoms with Crippen molar-refractivity contribution in [2.24, 2.45) is 7.05 Å². The van der Waals surface area contributed by atoms with Crippen LogP contribution in [0.5, 0.6) is 5.75 Å². The van der Waals surface area contributed by atoms with E-state index in [2.05, 4.69) is 10.3 Å². The van der Waals surface area contributed by atoms with E-state index in [-0.39, 0.29) is 5.75 Å². The van der Waals surface area contributed by atoms with Gasteiger partial charge in [-0.3, -0.25) is 0 Å². The van der Waals surface area contributed by atoms with Crippen LogP contribution in [-0.4, -0.2) is 27.2 Å². The number of methoxy groups -OCH3 is 1. The first kappa shape index (κ1) is 11.5. The zero-order valence-corrected chi connectivity index (χ0v) is 9.46. The Kier molecular flexibility index (Phi) is 3.06. The quantitative estimate of drug-likeness (QED) is 0.866. The van der Waals surface area contributed by atoms with Crippen LogP contribution in [0.1, 0.15) is 17.4 Å². The Balaban J connectivity index is 2.35. The summed E-state index contributed by atoms with van der Waals surface area (Å²) < 4.78 is 19.7. The number of rotatable bonds is 3. The molecule has 1 heterocycles. The van der Waals surface area contributed by atoms with Crippen LogP contribution in [0.2, 0.25) is 0 Å². The van der Waals surface area contributed by atoms with Gasteiger partial charge < -0.3 is 9.84 Å². The smallest absolute Gasteiger partial charge is 0.165 e. The SMILES string of the molecule is COc1ccc(C(O)c2cnnn2C)cc1F.